The zero-order chi connectivity index (χ0) is 10.8. The van der Waals surface area contributed by atoms with Crippen LogP contribution in [-0.4, -0.2) is 24.5 Å². The molecule has 2 rings (SSSR count). The summed E-state index contributed by atoms with van der Waals surface area (Å²) in [6, 6.07) is 7.79. The summed E-state index contributed by atoms with van der Waals surface area (Å²) in [5, 5.41) is 0. The Hall–Kier alpha value is -1.95. The van der Waals surface area contributed by atoms with E-state index in [4.69, 9.17) is 6.42 Å². The molecule has 0 bridgehead atoms. The van der Waals surface area contributed by atoms with Crippen molar-refractivity contribution in [2.24, 2.45) is 0 Å². The Morgan fingerprint density at radius 3 is 2.93 bits per heavy atom. The molecule has 15 heavy (non-hydrogen) atoms. The number of nitrogens with zero attached hydrogens (tertiary/aromatic N) is 2. The molecule has 0 saturated heterocycles. The molecule has 2 amide bonds. The van der Waals surface area contributed by atoms with E-state index in [0.29, 0.717) is 13.1 Å². The first-order valence-electron chi connectivity index (χ1n) is 4.78. The molecule has 76 valence electrons. The highest BCUT2D eigenvalue weighted by atomic mass is 16.2. The third-order valence-electron chi connectivity index (χ3n) is 2.50. The third kappa shape index (κ3) is 1.55. The first kappa shape index (κ1) is 9.60. The fourth-order valence-corrected chi connectivity index (χ4v) is 1.78. The van der Waals surface area contributed by atoms with Crippen molar-refractivity contribution in [2.75, 3.05) is 18.5 Å². The van der Waals surface area contributed by atoms with Crippen molar-refractivity contribution < 1.29 is 4.79 Å². The number of fused-ring (bicyclic) bond motifs is 1. The molecule has 3 nitrogen and oxygen atoms in total. The molecular formula is C12H12N2O. The molecule has 1 aromatic carbocycles. The highest BCUT2D eigenvalue weighted by molar-refractivity contribution is 5.95. The predicted octanol–water partition coefficient (Wildman–Crippen LogP) is 1.69. The van der Waals surface area contributed by atoms with Crippen molar-refractivity contribution in [2.45, 2.75) is 6.54 Å². The molecule has 0 fully saturated rings. The fraction of sp³-hybridized carbons (Fsp3) is 0.250. The lowest BCUT2D eigenvalue weighted by molar-refractivity contribution is 0.211. The average Bonchev–Trinajstić information content (AvgIpc) is 2.25. The summed E-state index contributed by atoms with van der Waals surface area (Å²) in [5.41, 5.74) is 2.06. The van der Waals surface area contributed by atoms with Gasteiger partial charge >= 0.3 is 6.03 Å². The van der Waals surface area contributed by atoms with E-state index in [1.165, 1.54) is 0 Å². The van der Waals surface area contributed by atoms with E-state index in [0.717, 1.165) is 11.3 Å². The predicted molar refractivity (Wildman–Crippen MR) is 59.5 cm³/mol. The minimum Gasteiger partial charge on any atom is -0.323 e. The van der Waals surface area contributed by atoms with Crippen molar-refractivity contribution in [1.29, 1.82) is 0 Å². The lowest BCUT2D eigenvalue weighted by Gasteiger charge is -2.33. The van der Waals surface area contributed by atoms with Gasteiger partial charge in [-0.3, -0.25) is 4.90 Å². The van der Waals surface area contributed by atoms with Crippen LogP contribution in [0.5, 0.6) is 0 Å². The van der Waals surface area contributed by atoms with Crippen molar-refractivity contribution in [1.82, 2.24) is 4.90 Å². The smallest absolute Gasteiger partial charge is 0.323 e. The number of anilines is 1. The number of carbonyl (C=O) groups excluding carboxylic acids is 1. The van der Waals surface area contributed by atoms with Gasteiger partial charge in [-0.2, -0.15) is 0 Å². The largest absolute Gasteiger partial charge is 0.325 e. The number of terminal acetylenes is 1. The van der Waals surface area contributed by atoms with Gasteiger partial charge in [0.25, 0.3) is 0 Å². The van der Waals surface area contributed by atoms with Crippen LogP contribution >= 0.6 is 0 Å². The Labute approximate surface area is 89.3 Å². The number of rotatable bonds is 1. The standard InChI is InChI=1S/C12H12N2O/c1-3-8-14-11-7-5-4-6-10(11)9-13(2)12(14)15/h1,4-7H,8-9H2,2H3. The fourth-order valence-electron chi connectivity index (χ4n) is 1.78. The minimum absolute atomic E-state index is 0.0355. The second-order valence-corrected chi connectivity index (χ2v) is 3.56. The number of benzene rings is 1. The van der Waals surface area contributed by atoms with Crippen molar-refractivity contribution in [3.05, 3.63) is 29.8 Å². The van der Waals surface area contributed by atoms with Crippen LogP contribution < -0.4 is 4.90 Å². The number of hydrogen-bond donors (Lipinski definition) is 0. The van der Waals surface area contributed by atoms with Crippen molar-refractivity contribution in [3.63, 3.8) is 0 Å². The van der Waals surface area contributed by atoms with Gasteiger partial charge in [-0.25, -0.2) is 4.79 Å². The summed E-state index contributed by atoms with van der Waals surface area (Å²) in [6.45, 7) is 0.969. The van der Waals surface area contributed by atoms with Gasteiger partial charge in [0, 0.05) is 13.6 Å². The Morgan fingerprint density at radius 1 is 1.47 bits per heavy atom. The Bertz CT molecular complexity index is 433. The number of para-hydroxylation sites is 1. The van der Waals surface area contributed by atoms with Crippen LogP contribution in [0.4, 0.5) is 10.5 Å². The molecule has 0 spiro atoms. The average molecular weight is 200 g/mol. The van der Waals surface area contributed by atoms with Gasteiger partial charge in [-0.15, -0.1) is 6.42 Å². The maximum atomic E-state index is 11.8. The molecule has 1 heterocycles. The first-order chi connectivity index (χ1) is 7.24. The van der Waals surface area contributed by atoms with Gasteiger partial charge < -0.3 is 4.90 Å². The molecule has 0 aromatic heterocycles. The van der Waals surface area contributed by atoms with Gasteiger partial charge in [0.05, 0.1) is 12.2 Å². The summed E-state index contributed by atoms with van der Waals surface area (Å²) < 4.78 is 0. The molecule has 1 aliphatic rings. The topological polar surface area (TPSA) is 23.6 Å². The highest BCUT2D eigenvalue weighted by Crippen LogP contribution is 2.26. The normalized spacial score (nSPS) is 14.8. The molecule has 3 heteroatoms. The lowest BCUT2D eigenvalue weighted by atomic mass is 10.1. The summed E-state index contributed by atoms with van der Waals surface area (Å²) in [7, 11) is 1.78. The Morgan fingerprint density at radius 2 is 2.20 bits per heavy atom. The Kier molecular flexibility index (Phi) is 2.34. The van der Waals surface area contributed by atoms with Crippen LogP contribution in [0.1, 0.15) is 5.56 Å². The molecule has 0 atom stereocenters. The maximum Gasteiger partial charge on any atom is 0.325 e. The summed E-state index contributed by atoms with van der Waals surface area (Å²) >= 11 is 0. The molecule has 1 aliphatic heterocycles. The molecular weight excluding hydrogens is 188 g/mol. The number of urea groups is 1. The monoisotopic (exact) mass is 200 g/mol. The maximum absolute atomic E-state index is 11.8. The molecule has 0 aliphatic carbocycles. The van der Waals surface area contributed by atoms with Gasteiger partial charge in [0.2, 0.25) is 0 Å². The van der Waals surface area contributed by atoms with Crippen LogP contribution in [0, 0.1) is 12.3 Å². The summed E-state index contributed by atoms with van der Waals surface area (Å²) in [5.74, 6) is 2.51. The zero-order valence-corrected chi connectivity index (χ0v) is 8.60. The SMILES string of the molecule is C#CCN1C(=O)N(C)Cc2ccccc21. The van der Waals surface area contributed by atoms with E-state index in [1.807, 2.05) is 24.3 Å². The second-order valence-electron chi connectivity index (χ2n) is 3.56. The van der Waals surface area contributed by atoms with Gasteiger partial charge in [0.15, 0.2) is 0 Å². The number of carbonyl (C=O) groups is 1. The molecule has 0 radical (unpaired) electrons. The Balaban J connectivity index is 2.45. The number of hydrogen-bond acceptors (Lipinski definition) is 1. The molecule has 1 aromatic rings. The van der Waals surface area contributed by atoms with E-state index in [-0.39, 0.29) is 6.03 Å². The van der Waals surface area contributed by atoms with Crippen LogP contribution in [0.15, 0.2) is 24.3 Å². The summed E-state index contributed by atoms with van der Waals surface area (Å²) in [6.07, 6.45) is 5.26. The summed E-state index contributed by atoms with van der Waals surface area (Å²) in [4.78, 5) is 15.1. The van der Waals surface area contributed by atoms with E-state index < -0.39 is 0 Å². The van der Waals surface area contributed by atoms with E-state index in [9.17, 15) is 4.79 Å². The van der Waals surface area contributed by atoms with Crippen LogP contribution in [0.25, 0.3) is 0 Å². The van der Waals surface area contributed by atoms with Crippen molar-refractivity contribution in [3.8, 4) is 12.3 Å². The quantitative estimate of drug-likeness (QED) is 0.633. The second kappa shape index (κ2) is 3.66. The minimum atomic E-state index is -0.0355. The zero-order valence-electron chi connectivity index (χ0n) is 8.60. The molecule has 0 N–H and O–H groups in total. The molecule has 0 saturated carbocycles. The van der Waals surface area contributed by atoms with Gasteiger partial charge in [0.1, 0.15) is 0 Å². The first-order valence-corrected chi connectivity index (χ1v) is 4.78. The van der Waals surface area contributed by atoms with Gasteiger partial charge in [-0.05, 0) is 11.6 Å². The lowest BCUT2D eigenvalue weighted by Crippen LogP contribution is -2.45. The molecule has 0 unspecified atom stereocenters. The highest BCUT2D eigenvalue weighted by Gasteiger charge is 2.26. The van der Waals surface area contributed by atoms with Crippen LogP contribution in [0.2, 0.25) is 0 Å². The van der Waals surface area contributed by atoms with Crippen LogP contribution in [-0.2, 0) is 6.54 Å². The van der Waals surface area contributed by atoms with E-state index in [1.54, 1.807) is 16.8 Å². The van der Waals surface area contributed by atoms with Crippen LogP contribution in [0.3, 0.4) is 0 Å². The van der Waals surface area contributed by atoms with E-state index >= 15 is 0 Å². The third-order valence-corrected chi connectivity index (χ3v) is 2.50. The number of amides is 2. The van der Waals surface area contributed by atoms with Crippen molar-refractivity contribution >= 4 is 11.7 Å². The van der Waals surface area contributed by atoms with E-state index in [2.05, 4.69) is 5.92 Å². The van der Waals surface area contributed by atoms with Gasteiger partial charge in [-0.1, -0.05) is 24.1 Å².